The molecule has 4 atom stereocenters. The van der Waals surface area contributed by atoms with Crippen LogP contribution in [0.2, 0.25) is 0 Å². The molecule has 0 aliphatic heterocycles. The van der Waals surface area contributed by atoms with Gasteiger partial charge in [0.1, 0.15) is 6.10 Å². The second kappa shape index (κ2) is 9.47. The normalized spacial score (nSPS) is 20.4. The monoisotopic (exact) mass is 451 g/mol. The zero-order valence-corrected chi connectivity index (χ0v) is 18.5. The van der Waals surface area contributed by atoms with E-state index in [2.05, 4.69) is 4.72 Å². The summed E-state index contributed by atoms with van der Waals surface area (Å²) in [5.41, 5.74) is 2.60. The molecule has 0 bridgehead atoms. The van der Waals surface area contributed by atoms with E-state index in [0.29, 0.717) is 19.3 Å². The number of hydrogen-bond donors (Lipinski definition) is 2. The zero-order chi connectivity index (χ0) is 21.9. The number of alkyl halides is 1. The summed E-state index contributed by atoms with van der Waals surface area (Å²) < 4.78 is 34.2. The van der Waals surface area contributed by atoms with E-state index in [-0.39, 0.29) is 4.90 Å². The zero-order valence-electron chi connectivity index (χ0n) is 16.9. The van der Waals surface area contributed by atoms with Crippen LogP contribution in [0.15, 0.2) is 53.4 Å². The second-order valence-electron chi connectivity index (χ2n) is 7.55. The Balaban J connectivity index is 1.83. The molecule has 0 saturated carbocycles. The van der Waals surface area contributed by atoms with Gasteiger partial charge >= 0.3 is 5.97 Å². The molecule has 0 aromatic heterocycles. The van der Waals surface area contributed by atoms with E-state index in [1.165, 1.54) is 12.1 Å². The number of benzene rings is 2. The van der Waals surface area contributed by atoms with Gasteiger partial charge in [-0.2, -0.15) is 4.72 Å². The van der Waals surface area contributed by atoms with E-state index < -0.39 is 39.6 Å². The van der Waals surface area contributed by atoms with Crippen molar-refractivity contribution in [3.05, 3.63) is 65.2 Å². The van der Waals surface area contributed by atoms with E-state index in [1.807, 2.05) is 38.1 Å². The quantitative estimate of drug-likeness (QED) is 0.474. The number of aryl methyl sites for hydroxylation is 1. The molecule has 3 rings (SSSR count). The molecule has 162 valence electrons. The lowest BCUT2D eigenvalue weighted by Crippen LogP contribution is -2.39. The molecule has 8 heteroatoms. The number of hydrogen-bond acceptors (Lipinski definition) is 5. The second-order valence-corrected chi connectivity index (χ2v) is 9.73. The Morgan fingerprint density at radius 1 is 1.23 bits per heavy atom. The molecular weight excluding hydrogens is 426 g/mol. The molecule has 6 nitrogen and oxygen atoms in total. The van der Waals surface area contributed by atoms with Crippen LogP contribution in [0, 0.1) is 6.92 Å². The van der Waals surface area contributed by atoms with Gasteiger partial charge in [0.2, 0.25) is 10.0 Å². The van der Waals surface area contributed by atoms with E-state index >= 15 is 0 Å². The van der Waals surface area contributed by atoms with Gasteiger partial charge in [0, 0.05) is 6.42 Å². The largest absolute Gasteiger partial charge is 0.459 e. The highest BCUT2D eigenvalue weighted by molar-refractivity contribution is 7.89. The Bertz CT molecular complexity index is 993. The van der Waals surface area contributed by atoms with Crippen molar-refractivity contribution in [2.45, 2.75) is 61.6 Å². The predicted molar refractivity (Wildman–Crippen MR) is 115 cm³/mol. The van der Waals surface area contributed by atoms with Crippen molar-refractivity contribution in [3.63, 3.8) is 0 Å². The van der Waals surface area contributed by atoms with Gasteiger partial charge in [-0.1, -0.05) is 55.3 Å². The number of ether oxygens (including phenoxy) is 1. The smallest absolute Gasteiger partial charge is 0.327 e. The fourth-order valence-electron chi connectivity index (χ4n) is 3.57. The summed E-state index contributed by atoms with van der Waals surface area (Å²) >= 11 is 6.08. The number of carbonyl (C=O) groups excluding carboxylic acids is 1. The van der Waals surface area contributed by atoms with Crippen LogP contribution >= 0.6 is 11.6 Å². The molecule has 30 heavy (non-hydrogen) atoms. The standard InChI is InChI=1S/C22H26ClNO5S/c1-3-6-18(25)20(23)22(26)29-19-13-15-7-4-5-8-17(15)21(19)24-30(27,28)16-11-9-14(2)10-12-16/h4-5,7-12,18-21,24-25H,3,6,13H2,1-2H3/t18-,19+,20-,21-/m1/s1. The number of nitrogens with one attached hydrogen (secondary N) is 1. The molecule has 1 aliphatic rings. The van der Waals surface area contributed by atoms with Gasteiger partial charge in [-0.05, 0) is 36.6 Å². The molecule has 0 spiro atoms. The number of halogens is 1. The predicted octanol–water partition coefficient (Wildman–Crippen LogP) is 3.25. The number of aliphatic hydroxyl groups is 1. The van der Waals surface area contributed by atoms with Crippen molar-refractivity contribution in [3.8, 4) is 0 Å². The van der Waals surface area contributed by atoms with Gasteiger partial charge in [0.25, 0.3) is 0 Å². The van der Waals surface area contributed by atoms with Gasteiger partial charge in [-0.15, -0.1) is 11.6 Å². The maximum Gasteiger partial charge on any atom is 0.327 e. The van der Waals surface area contributed by atoms with Crippen LogP contribution in [0.3, 0.4) is 0 Å². The van der Waals surface area contributed by atoms with E-state index in [0.717, 1.165) is 16.7 Å². The maximum absolute atomic E-state index is 13.0. The molecular formula is C22H26ClNO5S. The average molecular weight is 452 g/mol. The molecule has 0 saturated heterocycles. The van der Waals surface area contributed by atoms with Gasteiger partial charge < -0.3 is 9.84 Å². The topological polar surface area (TPSA) is 92.7 Å². The molecule has 1 aliphatic carbocycles. The highest BCUT2D eigenvalue weighted by Gasteiger charge is 2.39. The van der Waals surface area contributed by atoms with Crippen LogP contribution in [0.4, 0.5) is 0 Å². The molecule has 0 fully saturated rings. The fourth-order valence-corrected chi connectivity index (χ4v) is 4.99. The highest BCUT2D eigenvalue weighted by atomic mass is 35.5. The van der Waals surface area contributed by atoms with Crippen molar-refractivity contribution in [1.29, 1.82) is 0 Å². The molecule has 0 unspecified atom stereocenters. The van der Waals surface area contributed by atoms with Crippen molar-refractivity contribution in [1.82, 2.24) is 4.72 Å². The number of aliphatic hydroxyl groups excluding tert-OH is 1. The molecule has 2 N–H and O–H groups in total. The highest BCUT2D eigenvalue weighted by Crippen LogP contribution is 2.35. The first kappa shape index (κ1) is 22.7. The summed E-state index contributed by atoms with van der Waals surface area (Å²) in [4.78, 5) is 12.6. The molecule has 0 amide bonds. The van der Waals surface area contributed by atoms with E-state index in [1.54, 1.807) is 12.1 Å². The summed E-state index contributed by atoms with van der Waals surface area (Å²) in [6.45, 7) is 3.75. The van der Waals surface area contributed by atoms with Crippen LogP contribution in [-0.2, 0) is 26.0 Å². The summed E-state index contributed by atoms with van der Waals surface area (Å²) in [7, 11) is -3.84. The van der Waals surface area contributed by atoms with Crippen LogP contribution in [0.25, 0.3) is 0 Å². The Labute approximate surface area is 182 Å². The Kier molecular flexibility index (Phi) is 7.18. The van der Waals surface area contributed by atoms with Crippen molar-refractivity contribution < 1.29 is 23.1 Å². The number of rotatable bonds is 8. The van der Waals surface area contributed by atoms with Gasteiger partial charge in [-0.25, -0.2) is 8.42 Å². The lowest BCUT2D eigenvalue weighted by atomic mass is 10.1. The summed E-state index contributed by atoms with van der Waals surface area (Å²) in [6, 6.07) is 13.1. The van der Waals surface area contributed by atoms with Crippen molar-refractivity contribution in [2.75, 3.05) is 0 Å². The summed E-state index contributed by atoms with van der Waals surface area (Å²) in [5.74, 6) is -0.755. The van der Waals surface area contributed by atoms with Crippen LogP contribution in [0.1, 0.15) is 42.5 Å². The Morgan fingerprint density at radius 3 is 2.57 bits per heavy atom. The average Bonchev–Trinajstić information content (AvgIpc) is 3.04. The third-order valence-electron chi connectivity index (χ3n) is 5.21. The van der Waals surface area contributed by atoms with Crippen LogP contribution in [-0.4, -0.2) is 37.1 Å². The van der Waals surface area contributed by atoms with E-state index in [4.69, 9.17) is 16.3 Å². The van der Waals surface area contributed by atoms with E-state index in [9.17, 15) is 18.3 Å². The first-order valence-electron chi connectivity index (χ1n) is 9.92. The minimum absolute atomic E-state index is 0.135. The summed E-state index contributed by atoms with van der Waals surface area (Å²) in [6.07, 6.45) is -0.375. The van der Waals surface area contributed by atoms with Crippen LogP contribution in [0.5, 0.6) is 0 Å². The third kappa shape index (κ3) is 5.03. The minimum Gasteiger partial charge on any atom is -0.459 e. The van der Waals surface area contributed by atoms with Crippen molar-refractivity contribution >= 4 is 27.6 Å². The van der Waals surface area contributed by atoms with Crippen molar-refractivity contribution in [2.24, 2.45) is 0 Å². The number of sulfonamides is 1. The van der Waals surface area contributed by atoms with Gasteiger partial charge in [-0.3, -0.25) is 4.79 Å². The maximum atomic E-state index is 13.0. The minimum atomic E-state index is -3.84. The first-order chi connectivity index (χ1) is 14.2. The fraction of sp³-hybridized carbons (Fsp3) is 0.409. The lowest BCUT2D eigenvalue weighted by molar-refractivity contribution is -0.151. The SMILES string of the molecule is CCC[C@@H](O)[C@@H](Cl)C(=O)O[C@H]1Cc2ccccc2[C@H]1NS(=O)(=O)c1ccc(C)cc1. The molecule has 2 aromatic rings. The molecule has 0 radical (unpaired) electrons. The van der Waals surface area contributed by atoms with Gasteiger partial charge in [0.05, 0.1) is 17.0 Å². The molecule has 2 aromatic carbocycles. The number of carbonyl (C=O) groups is 1. The number of fused-ring (bicyclic) bond motifs is 1. The Hall–Kier alpha value is -1.93. The Morgan fingerprint density at radius 2 is 1.90 bits per heavy atom. The summed E-state index contributed by atoms with van der Waals surface area (Å²) in [5, 5.41) is 8.81. The number of esters is 1. The third-order valence-corrected chi connectivity index (χ3v) is 7.14. The first-order valence-corrected chi connectivity index (χ1v) is 11.8. The van der Waals surface area contributed by atoms with Gasteiger partial charge in [0.15, 0.2) is 5.38 Å². The molecule has 0 heterocycles. The lowest BCUT2D eigenvalue weighted by Gasteiger charge is -2.24. The van der Waals surface area contributed by atoms with Crippen LogP contribution < -0.4 is 4.72 Å².